The lowest BCUT2D eigenvalue weighted by molar-refractivity contribution is -0.122. The molecule has 1 saturated heterocycles. The molecule has 5 nitrogen and oxygen atoms in total. The first-order chi connectivity index (χ1) is 7.11. The lowest BCUT2D eigenvalue weighted by Crippen LogP contribution is -2.25. The van der Waals surface area contributed by atoms with Crippen molar-refractivity contribution in [2.45, 2.75) is 39.7 Å². The highest BCUT2D eigenvalue weighted by molar-refractivity contribution is 5.80. The van der Waals surface area contributed by atoms with E-state index in [1.807, 2.05) is 20.8 Å². The Labute approximate surface area is 91.6 Å². The van der Waals surface area contributed by atoms with Crippen LogP contribution in [0.25, 0.3) is 0 Å². The summed E-state index contributed by atoms with van der Waals surface area (Å²) in [7, 11) is 0. The van der Waals surface area contributed by atoms with E-state index >= 15 is 0 Å². The van der Waals surface area contributed by atoms with Crippen LogP contribution >= 0.6 is 0 Å². The van der Waals surface area contributed by atoms with Gasteiger partial charge in [-0.25, -0.2) is 0 Å². The smallest absolute Gasteiger partial charge is 0.223 e. The Bertz CT molecular complexity index is 172. The minimum absolute atomic E-state index is 0.147. The molecule has 0 spiro atoms. The van der Waals surface area contributed by atoms with E-state index in [-0.39, 0.29) is 24.3 Å². The molecule has 0 radical (unpaired) electrons. The second-order valence-corrected chi connectivity index (χ2v) is 3.13. The molecule has 1 fully saturated rings. The Morgan fingerprint density at radius 1 is 1.60 bits per heavy atom. The van der Waals surface area contributed by atoms with Gasteiger partial charge in [0.05, 0.1) is 0 Å². The van der Waals surface area contributed by atoms with Crippen molar-refractivity contribution >= 4 is 12.3 Å². The van der Waals surface area contributed by atoms with E-state index in [4.69, 9.17) is 10.5 Å². The molecule has 1 aliphatic heterocycles. The van der Waals surface area contributed by atoms with Crippen molar-refractivity contribution in [2.75, 3.05) is 6.54 Å². The summed E-state index contributed by atoms with van der Waals surface area (Å²) in [5.74, 6) is 0.359. The fourth-order valence-corrected chi connectivity index (χ4v) is 1.32. The summed E-state index contributed by atoms with van der Waals surface area (Å²) in [4.78, 5) is 19.5. The minimum atomic E-state index is 0.147. The third-order valence-electron chi connectivity index (χ3n) is 1.82. The number of carbonyl (C=O) groups is 2. The largest absolute Gasteiger partial charge is 0.372 e. The molecule has 90 valence electrons. The van der Waals surface area contributed by atoms with Gasteiger partial charge >= 0.3 is 0 Å². The summed E-state index contributed by atoms with van der Waals surface area (Å²) in [5.41, 5.74) is 9.72. The molecule has 2 atom stereocenters. The Hall–Kier alpha value is -1.10. The van der Waals surface area contributed by atoms with Crippen LogP contribution in [0.3, 0.4) is 0 Å². The summed E-state index contributed by atoms with van der Waals surface area (Å²) in [6.07, 6.45) is 2.03. The standard InChI is InChI=1S/C7H14N2O.C2H6.CH3NO/c1-5(8)4-6-2-3-9-7(6)10;1-2;2-1-3/h5-6H,2-4,8H2,1H3,(H,9,10);1-2H3;1H,(H2,2,3). The van der Waals surface area contributed by atoms with Gasteiger partial charge in [0.2, 0.25) is 12.3 Å². The third kappa shape index (κ3) is 9.21. The van der Waals surface area contributed by atoms with Crippen molar-refractivity contribution in [1.29, 1.82) is 0 Å². The summed E-state index contributed by atoms with van der Waals surface area (Å²) in [6.45, 7) is 6.77. The van der Waals surface area contributed by atoms with Crippen LogP contribution in [0, 0.1) is 5.92 Å². The first kappa shape index (κ1) is 16.3. The summed E-state index contributed by atoms with van der Waals surface area (Å²) < 4.78 is 0. The maximum absolute atomic E-state index is 10.9. The number of carbonyl (C=O) groups excluding carboxylic acids is 2. The normalized spacial score (nSPS) is 20.0. The van der Waals surface area contributed by atoms with E-state index < -0.39 is 0 Å². The molecule has 0 aliphatic carbocycles. The van der Waals surface area contributed by atoms with Crippen LogP contribution in [0.4, 0.5) is 0 Å². The molecular weight excluding hydrogens is 194 g/mol. The van der Waals surface area contributed by atoms with Crippen LogP contribution in [0.1, 0.15) is 33.6 Å². The zero-order valence-electron chi connectivity index (χ0n) is 9.82. The second-order valence-electron chi connectivity index (χ2n) is 3.13. The molecule has 1 rings (SSSR count). The van der Waals surface area contributed by atoms with Crippen LogP contribution in [-0.2, 0) is 9.59 Å². The van der Waals surface area contributed by atoms with E-state index in [0.717, 1.165) is 19.4 Å². The van der Waals surface area contributed by atoms with E-state index in [0.29, 0.717) is 0 Å². The second kappa shape index (κ2) is 11.0. The van der Waals surface area contributed by atoms with Crippen molar-refractivity contribution in [3.8, 4) is 0 Å². The molecular formula is C10H23N3O2. The average molecular weight is 217 g/mol. The Morgan fingerprint density at radius 2 is 2.07 bits per heavy atom. The molecule has 0 aromatic rings. The van der Waals surface area contributed by atoms with E-state index in [1.54, 1.807) is 0 Å². The Balaban J connectivity index is 0. The van der Waals surface area contributed by atoms with Gasteiger partial charge in [0.1, 0.15) is 0 Å². The SMILES string of the molecule is CC.CC(N)CC1CCNC1=O.NC=O. The van der Waals surface area contributed by atoms with E-state index in [9.17, 15) is 4.79 Å². The highest BCUT2D eigenvalue weighted by Crippen LogP contribution is 2.14. The summed E-state index contributed by atoms with van der Waals surface area (Å²) >= 11 is 0. The third-order valence-corrected chi connectivity index (χ3v) is 1.82. The number of amides is 2. The first-order valence-electron chi connectivity index (χ1n) is 5.30. The maximum Gasteiger partial charge on any atom is 0.223 e. The van der Waals surface area contributed by atoms with Crippen molar-refractivity contribution in [1.82, 2.24) is 5.32 Å². The molecule has 0 bridgehead atoms. The van der Waals surface area contributed by atoms with Gasteiger partial charge in [-0.3, -0.25) is 9.59 Å². The molecule has 0 aromatic carbocycles. The summed E-state index contributed by atoms with van der Waals surface area (Å²) in [6, 6.07) is 0.147. The van der Waals surface area contributed by atoms with Crippen LogP contribution in [0.15, 0.2) is 0 Å². The highest BCUT2D eigenvalue weighted by atomic mass is 16.2. The van der Waals surface area contributed by atoms with Crippen LogP contribution in [0.5, 0.6) is 0 Å². The maximum atomic E-state index is 10.9. The van der Waals surface area contributed by atoms with Gasteiger partial charge in [0.25, 0.3) is 0 Å². The number of rotatable bonds is 2. The lowest BCUT2D eigenvalue weighted by Gasteiger charge is -2.08. The van der Waals surface area contributed by atoms with Gasteiger partial charge < -0.3 is 16.8 Å². The average Bonchev–Trinajstić information content (AvgIpc) is 2.56. The van der Waals surface area contributed by atoms with Crippen molar-refractivity contribution < 1.29 is 9.59 Å². The van der Waals surface area contributed by atoms with Crippen molar-refractivity contribution in [2.24, 2.45) is 17.4 Å². The number of nitrogens with one attached hydrogen (secondary N) is 1. The molecule has 0 aromatic heterocycles. The Kier molecular flexibility index (Phi) is 12.0. The molecule has 15 heavy (non-hydrogen) atoms. The van der Waals surface area contributed by atoms with E-state index in [1.165, 1.54) is 0 Å². The fraction of sp³-hybridized carbons (Fsp3) is 0.800. The van der Waals surface area contributed by atoms with Crippen molar-refractivity contribution in [3.05, 3.63) is 0 Å². The van der Waals surface area contributed by atoms with Crippen LogP contribution < -0.4 is 16.8 Å². The molecule has 1 aliphatic rings. The van der Waals surface area contributed by atoms with Gasteiger partial charge in [-0.05, 0) is 19.8 Å². The van der Waals surface area contributed by atoms with Gasteiger partial charge in [-0.15, -0.1) is 0 Å². The van der Waals surface area contributed by atoms with Crippen LogP contribution in [0.2, 0.25) is 0 Å². The molecule has 5 N–H and O–H groups in total. The molecule has 0 saturated carbocycles. The monoisotopic (exact) mass is 217 g/mol. The quantitative estimate of drug-likeness (QED) is 0.567. The van der Waals surface area contributed by atoms with Crippen LogP contribution in [-0.4, -0.2) is 24.9 Å². The number of hydrogen-bond acceptors (Lipinski definition) is 3. The summed E-state index contributed by atoms with van der Waals surface area (Å²) in [5, 5.41) is 2.78. The zero-order chi connectivity index (χ0) is 12.3. The number of primary amides is 1. The van der Waals surface area contributed by atoms with Crippen molar-refractivity contribution in [3.63, 3.8) is 0 Å². The first-order valence-corrected chi connectivity index (χ1v) is 5.30. The lowest BCUT2D eigenvalue weighted by atomic mass is 10.0. The van der Waals surface area contributed by atoms with E-state index in [2.05, 4.69) is 11.1 Å². The Morgan fingerprint density at radius 3 is 2.33 bits per heavy atom. The van der Waals surface area contributed by atoms with Gasteiger partial charge in [0.15, 0.2) is 0 Å². The molecule has 1 heterocycles. The zero-order valence-corrected chi connectivity index (χ0v) is 9.82. The molecule has 5 heteroatoms. The van der Waals surface area contributed by atoms with Gasteiger partial charge in [0, 0.05) is 18.5 Å². The predicted molar refractivity (Wildman–Crippen MR) is 61.0 cm³/mol. The topological polar surface area (TPSA) is 98.2 Å². The van der Waals surface area contributed by atoms with Gasteiger partial charge in [-0.1, -0.05) is 13.8 Å². The number of hydrogen-bond donors (Lipinski definition) is 3. The predicted octanol–water partition coefficient (Wildman–Crippen LogP) is -0.0125. The minimum Gasteiger partial charge on any atom is -0.372 e. The highest BCUT2D eigenvalue weighted by Gasteiger charge is 2.24. The molecule has 2 amide bonds. The molecule has 2 unspecified atom stereocenters. The number of nitrogens with two attached hydrogens (primary N) is 2. The van der Waals surface area contributed by atoms with Gasteiger partial charge in [-0.2, -0.15) is 0 Å². The fourth-order valence-electron chi connectivity index (χ4n) is 1.32.